The molecule has 2 aromatic rings. The fraction of sp³-hybridized carbons (Fsp3) is 0.348. The first-order valence-corrected chi connectivity index (χ1v) is 9.07. The van der Waals surface area contributed by atoms with Gasteiger partial charge in [-0.3, -0.25) is 0 Å². The minimum absolute atomic E-state index is 0.342. The Morgan fingerprint density at radius 3 is 1.44 bits per heavy atom. The fourth-order valence-corrected chi connectivity index (χ4v) is 2.66. The minimum atomic E-state index is -0.526. The van der Waals surface area contributed by atoms with Crippen LogP contribution in [-0.2, 0) is 9.53 Å². The van der Waals surface area contributed by atoms with E-state index in [-0.39, 0.29) is 5.97 Å². The van der Waals surface area contributed by atoms with E-state index in [1.54, 1.807) is 6.08 Å². The molecule has 0 aromatic heterocycles. The van der Waals surface area contributed by atoms with E-state index < -0.39 is 5.60 Å². The first-order valence-electron chi connectivity index (χ1n) is 9.07. The SMILES string of the molecule is CN(C)c1ccc(C(=CC(=O)OC(C)(C)C)c2ccc(N(C)C)cc2)cc1. The molecule has 144 valence electrons. The number of carbonyl (C=O) groups is 1. The molecule has 2 rings (SSSR count). The quantitative estimate of drug-likeness (QED) is 0.572. The number of nitrogens with zero attached hydrogens (tertiary/aromatic N) is 2. The third-order valence-corrected chi connectivity index (χ3v) is 4.06. The van der Waals surface area contributed by atoms with Gasteiger partial charge < -0.3 is 14.5 Å². The van der Waals surface area contributed by atoms with Crippen LogP contribution in [0.4, 0.5) is 11.4 Å². The van der Waals surface area contributed by atoms with Gasteiger partial charge in [0.2, 0.25) is 0 Å². The van der Waals surface area contributed by atoms with Gasteiger partial charge in [-0.25, -0.2) is 4.79 Å². The van der Waals surface area contributed by atoms with Crippen LogP contribution in [0.15, 0.2) is 54.6 Å². The normalized spacial score (nSPS) is 10.9. The van der Waals surface area contributed by atoms with Crippen molar-refractivity contribution in [2.75, 3.05) is 38.0 Å². The van der Waals surface area contributed by atoms with E-state index in [1.165, 1.54) is 0 Å². The van der Waals surface area contributed by atoms with Gasteiger partial charge >= 0.3 is 5.97 Å². The van der Waals surface area contributed by atoms with Crippen LogP contribution in [0.25, 0.3) is 5.57 Å². The highest BCUT2D eigenvalue weighted by atomic mass is 16.6. The third kappa shape index (κ3) is 5.88. The first-order chi connectivity index (χ1) is 12.6. The molecule has 0 N–H and O–H groups in total. The van der Waals surface area contributed by atoms with Gasteiger partial charge in [0.25, 0.3) is 0 Å². The van der Waals surface area contributed by atoms with Gasteiger partial charge in [-0.15, -0.1) is 0 Å². The summed E-state index contributed by atoms with van der Waals surface area (Å²) in [6, 6.07) is 16.3. The number of hydrogen-bond donors (Lipinski definition) is 0. The summed E-state index contributed by atoms with van der Waals surface area (Å²) in [7, 11) is 8.03. The van der Waals surface area contributed by atoms with Crippen LogP contribution in [0.2, 0.25) is 0 Å². The molecule has 0 aliphatic carbocycles. The summed E-state index contributed by atoms with van der Waals surface area (Å²) in [5.41, 5.74) is 4.49. The van der Waals surface area contributed by atoms with Crippen molar-refractivity contribution in [3.63, 3.8) is 0 Å². The second-order valence-electron chi connectivity index (χ2n) is 7.97. The van der Waals surface area contributed by atoms with Crippen molar-refractivity contribution in [3.05, 3.63) is 65.7 Å². The fourth-order valence-electron chi connectivity index (χ4n) is 2.66. The van der Waals surface area contributed by atoms with Gasteiger partial charge in [-0.2, -0.15) is 0 Å². The van der Waals surface area contributed by atoms with Crippen LogP contribution in [0, 0.1) is 0 Å². The van der Waals surface area contributed by atoms with Crippen molar-refractivity contribution in [1.29, 1.82) is 0 Å². The van der Waals surface area contributed by atoms with Crippen LogP contribution < -0.4 is 9.80 Å². The van der Waals surface area contributed by atoms with Gasteiger partial charge in [-0.05, 0) is 61.7 Å². The highest BCUT2D eigenvalue weighted by Crippen LogP contribution is 2.27. The number of rotatable bonds is 5. The molecule has 27 heavy (non-hydrogen) atoms. The molecule has 0 amide bonds. The van der Waals surface area contributed by atoms with Crippen molar-refractivity contribution in [2.45, 2.75) is 26.4 Å². The number of hydrogen-bond acceptors (Lipinski definition) is 4. The third-order valence-electron chi connectivity index (χ3n) is 4.06. The van der Waals surface area contributed by atoms with E-state index in [4.69, 9.17) is 4.74 Å². The number of carbonyl (C=O) groups excluding carboxylic acids is 1. The Labute approximate surface area is 163 Å². The first kappa shape index (κ1) is 20.6. The maximum absolute atomic E-state index is 12.5. The molecule has 2 aromatic carbocycles. The standard InChI is InChI=1S/C23H30N2O2/c1-23(2,3)27-22(26)16-21(17-8-12-19(13-9-17)24(4)5)18-10-14-20(15-11-18)25(6)7/h8-16H,1-7H3. The minimum Gasteiger partial charge on any atom is -0.457 e. The summed E-state index contributed by atoms with van der Waals surface area (Å²) in [5.74, 6) is -0.342. The predicted molar refractivity (Wildman–Crippen MR) is 114 cm³/mol. The Hall–Kier alpha value is -2.75. The lowest BCUT2D eigenvalue weighted by Crippen LogP contribution is -2.22. The van der Waals surface area contributed by atoms with Crippen LogP contribution in [0.5, 0.6) is 0 Å². The van der Waals surface area contributed by atoms with Crippen molar-refractivity contribution in [2.24, 2.45) is 0 Å². The Morgan fingerprint density at radius 1 is 0.778 bits per heavy atom. The largest absolute Gasteiger partial charge is 0.457 e. The number of ether oxygens (including phenoxy) is 1. The number of anilines is 2. The highest BCUT2D eigenvalue weighted by Gasteiger charge is 2.16. The maximum Gasteiger partial charge on any atom is 0.331 e. The average Bonchev–Trinajstić information content (AvgIpc) is 2.58. The molecule has 0 radical (unpaired) electrons. The molecule has 0 spiro atoms. The van der Waals surface area contributed by atoms with Gasteiger partial charge in [0.15, 0.2) is 0 Å². The van der Waals surface area contributed by atoms with Crippen molar-refractivity contribution in [3.8, 4) is 0 Å². The van der Waals surface area contributed by atoms with Gasteiger partial charge in [-0.1, -0.05) is 24.3 Å². The lowest BCUT2D eigenvalue weighted by Gasteiger charge is -2.19. The maximum atomic E-state index is 12.5. The summed E-state index contributed by atoms with van der Waals surface area (Å²) in [4.78, 5) is 16.5. The van der Waals surface area contributed by atoms with E-state index in [0.717, 1.165) is 28.1 Å². The molecule has 4 heteroatoms. The molecule has 0 aliphatic rings. The Bertz CT molecular complexity index is 742. The lowest BCUT2D eigenvalue weighted by molar-refractivity contribution is -0.148. The second kappa shape index (κ2) is 8.30. The van der Waals surface area contributed by atoms with Crippen LogP contribution >= 0.6 is 0 Å². The molecule has 0 aliphatic heterocycles. The summed E-state index contributed by atoms with van der Waals surface area (Å²) >= 11 is 0. The monoisotopic (exact) mass is 366 g/mol. The zero-order chi connectivity index (χ0) is 20.2. The van der Waals surface area contributed by atoms with Gasteiger partial charge in [0.1, 0.15) is 5.60 Å². The number of esters is 1. The van der Waals surface area contributed by atoms with Crippen LogP contribution in [0.1, 0.15) is 31.9 Å². The second-order valence-corrected chi connectivity index (χ2v) is 7.97. The summed E-state index contributed by atoms with van der Waals surface area (Å²) in [6.45, 7) is 5.61. The molecule has 0 unspecified atom stereocenters. The molecule has 0 atom stereocenters. The topological polar surface area (TPSA) is 32.8 Å². The molecule has 0 saturated carbocycles. The van der Waals surface area contributed by atoms with E-state index in [1.807, 2.05) is 107 Å². The Balaban J connectivity index is 2.46. The molecule has 0 saturated heterocycles. The summed E-state index contributed by atoms with van der Waals surface area (Å²) < 4.78 is 5.50. The molecule has 0 heterocycles. The summed E-state index contributed by atoms with van der Waals surface area (Å²) in [5, 5.41) is 0. The van der Waals surface area contributed by atoms with E-state index in [0.29, 0.717) is 0 Å². The zero-order valence-corrected chi connectivity index (χ0v) is 17.4. The van der Waals surface area contributed by atoms with Gasteiger partial charge in [0.05, 0.1) is 0 Å². The number of benzene rings is 2. The molecule has 4 nitrogen and oxygen atoms in total. The van der Waals surface area contributed by atoms with Crippen LogP contribution in [-0.4, -0.2) is 39.8 Å². The smallest absolute Gasteiger partial charge is 0.331 e. The summed E-state index contributed by atoms with van der Waals surface area (Å²) in [6.07, 6.45) is 1.58. The average molecular weight is 367 g/mol. The predicted octanol–water partition coefficient (Wildman–Crippen LogP) is 4.59. The van der Waals surface area contributed by atoms with Crippen molar-refractivity contribution >= 4 is 22.9 Å². The molecular formula is C23H30N2O2. The van der Waals surface area contributed by atoms with Crippen molar-refractivity contribution < 1.29 is 9.53 Å². The van der Waals surface area contributed by atoms with E-state index in [2.05, 4.69) is 0 Å². The Morgan fingerprint density at radius 2 is 1.15 bits per heavy atom. The van der Waals surface area contributed by atoms with E-state index in [9.17, 15) is 4.79 Å². The van der Waals surface area contributed by atoms with Gasteiger partial charge in [0, 0.05) is 45.6 Å². The molecular weight excluding hydrogens is 336 g/mol. The highest BCUT2D eigenvalue weighted by molar-refractivity contribution is 5.96. The molecule has 0 bridgehead atoms. The Kier molecular flexibility index (Phi) is 6.32. The van der Waals surface area contributed by atoms with Crippen LogP contribution in [0.3, 0.4) is 0 Å². The molecule has 0 fully saturated rings. The van der Waals surface area contributed by atoms with E-state index >= 15 is 0 Å². The lowest BCUT2D eigenvalue weighted by atomic mass is 9.97. The zero-order valence-electron chi connectivity index (χ0n) is 17.4. The van der Waals surface area contributed by atoms with Crippen molar-refractivity contribution in [1.82, 2.24) is 0 Å².